The number of aryl methyl sites for hydroxylation is 2. The number of rotatable bonds is 4. The molecule has 0 amide bonds. The lowest BCUT2D eigenvalue weighted by Crippen LogP contribution is -2.12. The lowest BCUT2D eigenvalue weighted by molar-refractivity contribution is 0.369. The molecule has 0 aliphatic heterocycles. The number of nitrogens with zero attached hydrogens (tertiary/aromatic N) is 1. The molecule has 0 radical (unpaired) electrons. The van der Waals surface area contributed by atoms with Crippen molar-refractivity contribution in [3.05, 3.63) is 52.7 Å². The molecule has 3 nitrogen and oxygen atoms in total. The zero-order chi connectivity index (χ0) is 12.3. The Morgan fingerprint density at radius 3 is 2.71 bits per heavy atom. The Bertz CT molecular complexity index is 508. The summed E-state index contributed by atoms with van der Waals surface area (Å²) in [6, 6.07) is 7.00. The zero-order valence-electron chi connectivity index (χ0n) is 9.96. The summed E-state index contributed by atoms with van der Waals surface area (Å²) in [4.78, 5) is 0. The van der Waals surface area contributed by atoms with Crippen molar-refractivity contribution in [1.29, 1.82) is 0 Å². The Balaban J connectivity index is 1.87. The summed E-state index contributed by atoms with van der Waals surface area (Å²) in [5.41, 5.74) is 2.60. The largest absolute Gasteiger partial charge is 0.360 e. The first-order valence-corrected chi connectivity index (χ1v) is 5.53. The second-order valence-electron chi connectivity index (χ2n) is 4.12. The van der Waals surface area contributed by atoms with Crippen LogP contribution in [0.4, 0.5) is 4.39 Å². The monoisotopic (exact) mass is 234 g/mol. The minimum absolute atomic E-state index is 0.167. The topological polar surface area (TPSA) is 38.1 Å². The summed E-state index contributed by atoms with van der Waals surface area (Å²) in [6.07, 6.45) is 0. The third kappa shape index (κ3) is 3.14. The van der Waals surface area contributed by atoms with E-state index in [-0.39, 0.29) is 5.82 Å². The standard InChI is InChI=1S/C13H15FN2O/c1-9-5-11(3-4-13(9)14)7-15-8-12-6-10(2)16-17-12/h3-6,15H,7-8H2,1-2H3. The van der Waals surface area contributed by atoms with Gasteiger partial charge < -0.3 is 9.84 Å². The SMILES string of the molecule is Cc1cc(CNCc2ccc(F)c(C)c2)on1. The van der Waals surface area contributed by atoms with Crippen molar-refractivity contribution < 1.29 is 8.91 Å². The van der Waals surface area contributed by atoms with E-state index in [1.807, 2.05) is 19.1 Å². The normalized spacial score (nSPS) is 10.8. The Morgan fingerprint density at radius 2 is 2.06 bits per heavy atom. The second kappa shape index (κ2) is 5.10. The maximum atomic E-state index is 13.0. The first-order valence-electron chi connectivity index (χ1n) is 5.53. The average Bonchev–Trinajstić information content (AvgIpc) is 2.70. The van der Waals surface area contributed by atoms with E-state index < -0.39 is 0 Å². The van der Waals surface area contributed by atoms with Crippen LogP contribution in [0.1, 0.15) is 22.6 Å². The summed E-state index contributed by atoms with van der Waals surface area (Å²) in [5.74, 6) is 0.640. The summed E-state index contributed by atoms with van der Waals surface area (Å²) in [6.45, 7) is 4.95. The van der Waals surface area contributed by atoms with Crippen molar-refractivity contribution in [2.45, 2.75) is 26.9 Å². The average molecular weight is 234 g/mol. The fourth-order valence-electron chi connectivity index (χ4n) is 1.65. The molecular weight excluding hydrogens is 219 g/mol. The number of halogens is 1. The summed E-state index contributed by atoms with van der Waals surface area (Å²) in [7, 11) is 0. The van der Waals surface area contributed by atoms with Crippen LogP contribution in [0.5, 0.6) is 0 Å². The highest BCUT2D eigenvalue weighted by Crippen LogP contribution is 2.09. The predicted octanol–water partition coefficient (Wildman–Crippen LogP) is 2.72. The van der Waals surface area contributed by atoms with Crippen LogP contribution >= 0.6 is 0 Å². The first-order chi connectivity index (χ1) is 8.15. The third-order valence-corrected chi connectivity index (χ3v) is 2.53. The molecule has 0 bridgehead atoms. The molecule has 0 saturated heterocycles. The number of hydrogen-bond donors (Lipinski definition) is 1. The van der Waals surface area contributed by atoms with Gasteiger partial charge >= 0.3 is 0 Å². The Labute approximate surface area is 99.6 Å². The molecule has 90 valence electrons. The molecule has 0 unspecified atom stereocenters. The highest BCUT2D eigenvalue weighted by Gasteiger charge is 2.01. The number of benzene rings is 1. The van der Waals surface area contributed by atoms with Gasteiger partial charge in [-0.05, 0) is 31.0 Å². The molecule has 2 rings (SSSR count). The maximum absolute atomic E-state index is 13.0. The molecule has 1 aromatic heterocycles. The molecule has 4 heteroatoms. The molecule has 0 atom stereocenters. The minimum Gasteiger partial charge on any atom is -0.360 e. The lowest BCUT2D eigenvalue weighted by Gasteiger charge is -2.04. The van der Waals surface area contributed by atoms with Crippen LogP contribution in [0.3, 0.4) is 0 Å². The van der Waals surface area contributed by atoms with Crippen LogP contribution in [0.2, 0.25) is 0 Å². The third-order valence-electron chi connectivity index (χ3n) is 2.53. The molecule has 1 heterocycles. The van der Waals surface area contributed by atoms with E-state index in [1.54, 1.807) is 13.0 Å². The van der Waals surface area contributed by atoms with E-state index in [2.05, 4.69) is 10.5 Å². The smallest absolute Gasteiger partial charge is 0.150 e. The fraction of sp³-hybridized carbons (Fsp3) is 0.308. The molecule has 0 aliphatic carbocycles. The second-order valence-corrected chi connectivity index (χ2v) is 4.12. The van der Waals surface area contributed by atoms with Crippen LogP contribution in [0.25, 0.3) is 0 Å². The van der Waals surface area contributed by atoms with E-state index in [1.165, 1.54) is 6.07 Å². The molecule has 0 saturated carbocycles. The quantitative estimate of drug-likeness (QED) is 0.883. The van der Waals surface area contributed by atoms with Crippen LogP contribution < -0.4 is 5.32 Å². The highest BCUT2D eigenvalue weighted by atomic mass is 19.1. The van der Waals surface area contributed by atoms with Crippen molar-refractivity contribution in [3.63, 3.8) is 0 Å². The minimum atomic E-state index is -0.167. The van der Waals surface area contributed by atoms with Crippen LogP contribution in [0, 0.1) is 19.7 Å². The van der Waals surface area contributed by atoms with Gasteiger partial charge in [0.15, 0.2) is 5.76 Å². The van der Waals surface area contributed by atoms with Gasteiger partial charge in [0.25, 0.3) is 0 Å². The summed E-state index contributed by atoms with van der Waals surface area (Å²) >= 11 is 0. The van der Waals surface area contributed by atoms with Gasteiger partial charge in [-0.15, -0.1) is 0 Å². The van der Waals surface area contributed by atoms with Gasteiger partial charge in [0, 0.05) is 12.6 Å². The molecule has 1 N–H and O–H groups in total. The van der Waals surface area contributed by atoms with Crippen molar-refractivity contribution in [2.24, 2.45) is 0 Å². The van der Waals surface area contributed by atoms with Gasteiger partial charge in [-0.25, -0.2) is 4.39 Å². The van der Waals surface area contributed by atoms with Gasteiger partial charge in [-0.2, -0.15) is 0 Å². The summed E-state index contributed by atoms with van der Waals surface area (Å²) in [5, 5.41) is 7.03. The van der Waals surface area contributed by atoms with E-state index in [4.69, 9.17) is 4.52 Å². The Kier molecular flexibility index (Phi) is 3.54. The van der Waals surface area contributed by atoms with Crippen molar-refractivity contribution in [3.8, 4) is 0 Å². The molecular formula is C13H15FN2O. The van der Waals surface area contributed by atoms with Gasteiger partial charge in [-0.1, -0.05) is 17.3 Å². The van der Waals surface area contributed by atoms with Gasteiger partial charge in [0.2, 0.25) is 0 Å². The highest BCUT2D eigenvalue weighted by molar-refractivity contribution is 5.23. The fourth-order valence-corrected chi connectivity index (χ4v) is 1.65. The maximum Gasteiger partial charge on any atom is 0.150 e. The van der Waals surface area contributed by atoms with Gasteiger partial charge in [0.05, 0.1) is 12.2 Å². The van der Waals surface area contributed by atoms with Crippen LogP contribution in [-0.2, 0) is 13.1 Å². The molecule has 17 heavy (non-hydrogen) atoms. The van der Waals surface area contributed by atoms with Gasteiger partial charge in [0.1, 0.15) is 5.82 Å². The molecule has 2 aromatic rings. The van der Waals surface area contributed by atoms with E-state index in [9.17, 15) is 4.39 Å². The lowest BCUT2D eigenvalue weighted by atomic mass is 10.1. The Hall–Kier alpha value is -1.68. The number of nitrogens with one attached hydrogen (secondary N) is 1. The van der Waals surface area contributed by atoms with E-state index >= 15 is 0 Å². The van der Waals surface area contributed by atoms with Gasteiger partial charge in [-0.3, -0.25) is 0 Å². The zero-order valence-corrected chi connectivity index (χ0v) is 9.96. The van der Waals surface area contributed by atoms with E-state index in [0.717, 1.165) is 17.0 Å². The summed E-state index contributed by atoms with van der Waals surface area (Å²) < 4.78 is 18.1. The molecule has 0 fully saturated rings. The predicted molar refractivity (Wildman–Crippen MR) is 62.9 cm³/mol. The first kappa shape index (κ1) is 11.8. The number of hydrogen-bond acceptors (Lipinski definition) is 3. The van der Waals surface area contributed by atoms with Crippen LogP contribution in [-0.4, -0.2) is 5.16 Å². The van der Waals surface area contributed by atoms with Crippen molar-refractivity contribution in [2.75, 3.05) is 0 Å². The van der Waals surface area contributed by atoms with Crippen molar-refractivity contribution in [1.82, 2.24) is 10.5 Å². The van der Waals surface area contributed by atoms with E-state index in [0.29, 0.717) is 18.7 Å². The van der Waals surface area contributed by atoms with Crippen molar-refractivity contribution >= 4 is 0 Å². The Morgan fingerprint density at radius 1 is 1.24 bits per heavy atom. The molecule has 1 aromatic carbocycles. The van der Waals surface area contributed by atoms with Crippen LogP contribution in [0.15, 0.2) is 28.8 Å². The molecule has 0 spiro atoms. The molecule has 0 aliphatic rings. The number of aromatic nitrogens is 1.